The smallest absolute Gasteiger partial charge is 0.338 e. The Hall–Kier alpha value is -3.27. The molecule has 0 aliphatic rings. The normalized spacial score (nSPS) is 10.4. The minimum Gasteiger partial charge on any atom is -0.489 e. The van der Waals surface area contributed by atoms with Gasteiger partial charge in [-0.25, -0.2) is 4.79 Å². The van der Waals surface area contributed by atoms with Crippen molar-refractivity contribution >= 4 is 11.7 Å². The van der Waals surface area contributed by atoms with Crippen LogP contribution in [-0.4, -0.2) is 12.6 Å². The molecule has 0 spiro atoms. The van der Waals surface area contributed by atoms with Crippen molar-refractivity contribution in [3.05, 3.63) is 95.1 Å². The first-order chi connectivity index (χ1) is 13.7. The van der Waals surface area contributed by atoms with E-state index >= 15 is 0 Å². The van der Waals surface area contributed by atoms with Gasteiger partial charge in [0.25, 0.3) is 0 Å². The molecule has 3 rings (SSSR count). The van der Waals surface area contributed by atoms with Crippen LogP contribution in [0.5, 0.6) is 5.75 Å². The van der Waals surface area contributed by atoms with Crippen LogP contribution in [0.3, 0.4) is 0 Å². The third-order valence-electron chi connectivity index (χ3n) is 4.33. The summed E-state index contributed by atoms with van der Waals surface area (Å²) in [7, 11) is 0. The second-order valence-electron chi connectivity index (χ2n) is 6.54. The molecule has 4 heteroatoms. The molecule has 0 saturated carbocycles. The molecule has 0 aliphatic carbocycles. The Morgan fingerprint density at radius 3 is 2.50 bits per heavy atom. The first-order valence-electron chi connectivity index (χ1n) is 9.43. The molecule has 4 nitrogen and oxygen atoms in total. The summed E-state index contributed by atoms with van der Waals surface area (Å²) >= 11 is 0. The molecule has 0 atom stereocenters. The summed E-state index contributed by atoms with van der Waals surface area (Å²) in [5.74, 6) is 0.559. The zero-order valence-electron chi connectivity index (χ0n) is 16.3. The zero-order valence-corrected chi connectivity index (χ0v) is 16.3. The summed E-state index contributed by atoms with van der Waals surface area (Å²) in [5.41, 5.74) is 4.93. The largest absolute Gasteiger partial charge is 0.489 e. The van der Waals surface area contributed by atoms with Crippen LogP contribution in [0.1, 0.15) is 34.0 Å². The Labute approximate surface area is 166 Å². The monoisotopic (exact) mass is 375 g/mol. The van der Waals surface area contributed by atoms with E-state index in [1.807, 2.05) is 42.5 Å². The van der Waals surface area contributed by atoms with Gasteiger partial charge >= 0.3 is 5.97 Å². The van der Waals surface area contributed by atoms with E-state index in [4.69, 9.17) is 9.47 Å². The third kappa shape index (κ3) is 5.36. The standard InChI is InChI=1S/C24H25NO3/c1-3-27-24(26)20-11-13-22(14-12-20)25-16-21-9-4-5-10-23(21)28-17-19-8-6-7-18(2)15-19/h4-15,25H,3,16-17H2,1-2H3. The lowest BCUT2D eigenvalue weighted by Gasteiger charge is -2.13. The number of hydrogen-bond acceptors (Lipinski definition) is 4. The fourth-order valence-electron chi connectivity index (χ4n) is 2.89. The molecule has 0 unspecified atom stereocenters. The number of aryl methyl sites for hydroxylation is 1. The first-order valence-corrected chi connectivity index (χ1v) is 9.43. The second-order valence-corrected chi connectivity index (χ2v) is 6.54. The summed E-state index contributed by atoms with van der Waals surface area (Å²) in [4.78, 5) is 11.7. The van der Waals surface area contributed by atoms with Gasteiger partial charge in [0.15, 0.2) is 0 Å². The Kier molecular flexibility index (Phi) is 6.68. The maximum absolute atomic E-state index is 11.7. The molecular weight excluding hydrogens is 350 g/mol. The van der Waals surface area contributed by atoms with Crippen molar-refractivity contribution in [2.75, 3.05) is 11.9 Å². The molecule has 0 amide bonds. The van der Waals surface area contributed by atoms with Crippen molar-refractivity contribution in [1.82, 2.24) is 0 Å². The molecule has 0 aliphatic heterocycles. The zero-order chi connectivity index (χ0) is 19.8. The molecular formula is C24H25NO3. The molecule has 0 bridgehead atoms. The van der Waals surface area contributed by atoms with Crippen LogP contribution in [0.15, 0.2) is 72.8 Å². The predicted octanol–water partition coefficient (Wildman–Crippen LogP) is 5.36. The van der Waals surface area contributed by atoms with Gasteiger partial charge in [0.1, 0.15) is 12.4 Å². The van der Waals surface area contributed by atoms with Crippen molar-refractivity contribution < 1.29 is 14.3 Å². The average molecular weight is 375 g/mol. The lowest BCUT2D eigenvalue weighted by molar-refractivity contribution is 0.0526. The number of para-hydroxylation sites is 1. The van der Waals surface area contributed by atoms with Crippen molar-refractivity contribution in [1.29, 1.82) is 0 Å². The summed E-state index contributed by atoms with van der Waals surface area (Å²) in [6.07, 6.45) is 0. The van der Waals surface area contributed by atoms with Gasteiger partial charge in [0, 0.05) is 17.8 Å². The van der Waals surface area contributed by atoms with E-state index in [0.29, 0.717) is 25.3 Å². The number of ether oxygens (including phenoxy) is 2. The minimum atomic E-state index is -0.302. The Bertz CT molecular complexity index is 919. The highest BCUT2D eigenvalue weighted by molar-refractivity contribution is 5.89. The van der Waals surface area contributed by atoms with E-state index in [0.717, 1.165) is 22.6 Å². The molecule has 144 valence electrons. The molecule has 0 heterocycles. The van der Waals surface area contributed by atoms with Gasteiger partial charge < -0.3 is 14.8 Å². The van der Waals surface area contributed by atoms with E-state index in [1.54, 1.807) is 19.1 Å². The van der Waals surface area contributed by atoms with E-state index in [1.165, 1.54) is 5.56 Å². The van der Waals surface area contributed by atoms with Crippen LogP contribution >= 0.6 is 0 Å². The lowest BCUT2D eigenvalue weighted by atomic mass is 10.1. The Balaban J connectivity index is 1.61. The third-order valence-corrected chi connectivity index (χ3v) is 4.33. The maximum atomic E-state index is 11.7. The van der Waals surface area contributed by atoms with E-state index in [2.05, 4.69) is 30.4 Å². The van der Waals surface area contributed by atoms with E-state index in [9.17, 15) is 4.79 Å². The van der Waals surface area contributed by atoms with Crippen LogP contribution in [0.4, 0.5) is 5.69 Å². The summed E-state index contributed by atoms with van der Waals surface area (Å²) in [6.45, 7) is 5.41. The van der Waals surface area contributed by atoms with Gasteiger partial charge in [0.05, 0.1) is 12.2 Å². The Morgan fingerprint density at radius 1 is 0.964 bits per heavy atom. The van der Waals surface area contributed by atoms with Crippen LogP contribution in [0.25, 0.3) is 0 Å². The fraction of sp³-hybridized carbons (Fsp3) is 0.208. The van der Waals surface area contributed by atoms with E-state index in [-0.39, 0.29) is 5.97 Å². The number of nitrogens with one attached hydrogen (secondary N) is 1. The van der Waals surface area contributed by atoms with Gasteiger partial charge in [0.2, 0.25) is 0 Å². The van der Waals surface area contributed by atoms with Gasteiger partial charge in [-0.05, 0) is 49.7 Å². The maximum Gasteiger partial charge on any atom is 0.338 e. The number of rotatable bonds is 8. The van der Waals surface area contributed by atoms with Crippen LogP contribution in [0, 0.1) is 6.92 Å². The molecule has 0 saturated heterocycles. The number of carbonyl (C=O) groups is 1. The lowest BCUT2D eigenvalue weighted by Crippen LogP contribution is -2.06. The highest BCUT2D eigenvalue weighted by Crippen LogP contribution is 2.21. The van der Waals surface area contributed by atoms with Gasteiger partial charge in [-0.2, -0.15) is 0 Å². The van der Waals surface area contributed by atoms with Crippen molar-refractivity contribution in [3.8, 4) is 5.75 Å². The molecule has 0 aromatic heterocycles. The highest BCUT2D eigenvalue weighted by Gasteiger charge is 2.07. The van der Waals surface area contributed by atoms with Crippen LogP contribution < -0.4 is 10.1 Å². The predicted molar refractivity (Wildman–Crippen MR) is 112 cm³/mol. The van der Waals surface area contributed by atoms with Crippen LogP contribution in [-0.2, 0) is 17.9 Å². The fourth-order valence-corrected chi connectivity index (χ4v) is 2.89. The molecule has 3 aromatic carbocycles. The number of anilines is 1. The van der Waals surface area contributed by atoms with Crippen molar-refractivity contribution in [2.24, 2.45) is 0 Å². The second kappa shape index (κ2) is 9.60. The minimum absolute atomic E-state index is 0.302. The molecule has 28 heavy (non-hydrogen) atoms. The summed E-state index contributed by atoms with van der Waals surface area (Å²) < 4.78 is 11.1. The number of hydrogen-bond donors (Lipinski definition) is 1. The van der Waals surface area contributed by atoms with Crippen LogP contribution in [0.2, 0.25) is 0 Å². The Morgan fingerprint density at radius 2 is 1.75 bits per heavy atom. The number of esters is 1. The van der Waals surface area contributed by atoms with Crippen molar-refractivity contribution in [2.45, 2.75) is 27.0 Å². The molecule has 0 fully saturated rings. The number of carbonyl (C=O) groups excluding carboxylic acids is 1. The molecule has 0 radical (unpaired) electrons. The summed E-state index contributed by atoms with van der Waals surface area (Å²) in [5, 5.41) is 3.37. The average Bonchev–Trinajstić information content (AvgIpc) is 2.72. The van der Waals surface area contributed by atoms with Gasteiger partial charge in [-0.15, -0.1) is 0 Å². The number of benzene rings is 3. The molecule has 1 N–H and O–H groups in total. The van der Waals surface area contributed by atoms with Crippen molar-refractivity contribution in [3.63, 3.8) is 0 Å². The quantitative estimate of drug-likeness (QED) is 0.538. The highest BCUT2D eigenvalue weighted by atomic mass is 16.5. The first kappa shape index (κ1) is 19.5. The SMILES string of the molecule is CCOC(=O)c1ccc(NCc2ccccc2OCc2cccc(C)c2)cc1. The van der Waals surface area contributed by atoms with Gasteiger partial charge in [-0.1, -0.05) is 48.0 Å². The van der Waals surface area contributed by atoms with E-state index < -0.39 is 0 Å². The summed E-state index contributed by atoms with van der Waals surface area (Å²) in [6, 6.07) is 23.6. The topological polar surface area (TPSA) is 47.6 Å². The molecule has 3 aromatic rings. The van der Waals surface area contributed by atoms with Gasteiger partial charge in [-0.3, -0.25) is 0 Å².